The number of carbonyl (C=O) groups is 1. The molecule has 0 aromatic carbocycles. The molecule has 1 aliphatic rings. The number of carbonyl (C=O) groups excluding carboxylic acids is 1. The van der Waals surface area contributed by atoms with Crippen molar-refractivity contribution in [1.29, 1.82) is 0 Å². The molecule has 98 valence electrons. The van der Waals surface area contributed by atoms with Gasteiger partial charge < -0.3 is 10.3 Å². The molecule has 1 fully saturated rings. The average Bonchev–Trinajstić information content (AvgIpc) is 2.86. The Bertz CT molecular complexity index is 473. The van der Waals surface area contributed by atoms with E-state index >= 15 is 0 Å². The van der Waals surface area contributed by atoms with Crippen LogP contribution in [-0.2, 0) is 0 Å². The van der Waals surface area contributed by atoms with Gasteiger partial charge >= 0.3 is 0 Å². The first-order valence-electron chi connectivity index (χ1n) is 6.62. The van der Waals surface area contributed by atoms with Gasteiger partial charge in [-0.2, -0.15) is 0 Å². The maximum absolute atomic E-state index is 11.9. The van der Waals surface area contributed by atoms with Crippen molar-refractivity contribution < 1.29 is 4.79 Å². The molecule has 2 N–H and O–H groups in total. The largest absolute Gasteiger partial charge is 0.367 e. The lowest BCUT2D eigenvalue weighted by Crippen LogP contribution is -2.37. The number of H-pyrrole nitrogens is 1. The van der Waals surface area contributed by atoms with Crippen molar-refractivity contribution in [2.24, 2.45) is 5.41 Å². The summed E-state index contributed by atoms with van der Waals surface area (Å²) in [6.07, 6.45) is 8.92. The molecule has 0 saturated heterocycles. The molecule has 1 aromatic rings. The Labute approximate surface area is 107 Å². The molecule has 0 aliphatic heterocycles. The van der Waals surface area contributed by atoms with E-state index in [4.69, 9.17) is 0 Å². The van der Waals surface area contributed by atoms with Gasteiger partial charge in [-0.25, -0.2) is 0 Å². The first-order chi connectivity index (χ1) is 8.67. The number of aromatic amines is 1. The van der Waals surface area contributed by atoms with Crippen LogP contribution >= 0.6 is 0 Å². The lowest BCUT2D eigenvalue weighted by atomic mass is 9.83. The Kier molecular flexibility index (Phi) is 3.84. The van der Waals surface area contributed by atoms with Crippen LogP contribution in [0.1, 0.15) is 49.4 Å². The summed E-state index contributed by atoms with van der Waals surface area (Å²) in [5, 5.41) is 2.91. The number of amides is 1. The minimum atomic E-state index is -0.267. The van der Waals surface area contributed by atoms with Gasteiger partial charge in [-0.15, -0.1) is 0 Å². The molecular formula is C14H20N2O2. The van der Waals surface area contributed by atoms with Crippen LogP contribution in [0, 0.1) is 5.41 Å². The molecule has 1 aromatic heterocycles. The number of hydrogen-bond acceptors (Lipinski definition) is 2. The summed E-state index contributed by atoms with van der Waals surface area (Å²) < 4.78 is 0. The highest BCUT2D eigenvalue weighted by molar-refractivity contribution is 5.93. The number of nitrogens with one attached hydrogen (secondary N) is 2. The predicted molar refractivity (Wildman–Crippen MR) is 70.6 cm³/mol. The highest BCUT2D eigenvalue weighted by Gasteiger charge is 2.32. The molecule has 1 saturated carbocycles. The summed E-state index contributed by atoms with van der Waals surface area (Å²) in [6, 6.07) is 1.38. The molecule has 1 amide bonds. The predicted octanol–water partition coefficient (Wildman–Crippen LogP) is 2.08. The topological polar surface area (TPSA) is 62.0 Å². The Hall–Kier alpha value is -1.58. The van der Waals surface area contributed by atoms with Crippen LogP contribution in [-0.4, -0.2) is 17.4 Å². The number of pyridine rings is 1. The van der Waals surface area contributed by atoms with E-state index in [2.05, 4.69) is 17.2 Å². The van der Waals surface area contributed by atoms with Gasteiger partial charge in [0.15, 0.2) is 5.43 Å². The van der Waals surface area contributed by atoms with Crippen LogP contribution < -0.4 is 10.7 Å². The van der Waals surface area contributed by atoms with Crippen LogP contribution in [0.15, 0.2) is 23.3 Å². The van der Waals surface area contributed by atoms with Crippen LogP contribution in [0.3, 0.4) is 0 Å². The van der Waals surface area contributed by atoms with Gasteiger partial charge in [-0.3, -0.25) is 9.59 Å². The third kappa shape index (κ3) is 2.63. The maximum Gasteiger partial charge on any atom is 0.256 e. The molecular weight excluding hydrogens is 228 g/mol. The van der Waals surface area contributed by atoms with Gasteiger partial charge in [-0.1, -0.05) is 19.8 Å². The van der Waals surface area contributed by atoms with E-state index in [0.717, 1.165) is 6.42 Å². The van der Waals surface area contributed by atoms with E-state index in [-0.39, 0.29) is 22.3 Å². The molecule has 0 atom stereocenters. The lowest BCUT2D eigenvalue weighted by molar-refractivity contribution is 0.0927. The fourth-order valence-corrected chi connectivity index (χ4v) is 2.74. The SMILES string of the molecule is CCC1(CNC(=O)c2c[nH]ccc2=O)CCCC1. The third-order valence-electron chi connectivity index (χ3n) is 4.11. The summed E-state index contributed by atoms with van der Waals surface area (Å²) in [5.74, 6) is -0.267. The summed E-state index contributed by atoms with van der Waals surface area (Å²) >= 11 is 0. The zero-order valence-electron chi connectivity index (χ0n) is 10.8. The normalized spacial score (nSPS) is 17.6. The molecule has 2 rings (SSSR count). The lowest BCUT2D eigenvalue weighted by Gasteiger charge is -2.27. The second-order valence-corrected chi connectivity index (χ2v) is 5.17. The van der Waals surface area contributed by atoms with Gasteiger partial charge in [-0.05, 0) is 24.7 Å². The molecule has 1 heterocycles. The van der Waals surface area contributed by atoms with Crippen LogP contribution in [0.5, 0.6) is 0 Å². The Balaban J connectivity index is 2.00. The van der Waals surface area contributed by atoms with Crippen molar-refractivity contribution in [3.63, 3.8) is 0 Å². The molecule has 0 bridgehead atoms. The van der Waals surface area contributed by atoms with Crippen LogP contribution in [0.2, 0.25) is 0 Å². The smallest absolute Gasteiger partial charge is 0.256 e. The Morgan fingerprint density at radius 1 is 1.44 bits per heavy atom. The van der Waals surface area contributed by atoms with Crippen molar-refractivity contribution in [3.05, 3.63) is 34.2 Å². The van der Waals surface area contributed by atoms with Gasteiger partial charge in [0.1, 0.15) is 5.56 Å². The minimum Gasteiger partial charge on any atom is -0.367 e. The van der Waals surface area contributed by atoms with E-state index in [1.165, 1.54) is 44.1 Å². The monoisotopic (exact) mass is 248 g/mol. The fourth-order valence-electron chi connectivity index (χ4n) is 2.74. The van der Waals surface area contributed by atoms with Crippen molar-refractivity contribution in [2.75, 3.05) is 6.54 Å². The molecule has 4 nitrogen and oxygen atoms in total. The van der Waals surface area contributed by atoms with Gasteiger partial charge in [0.25, 0.3) is 5.91 Å². The number of hydrogen-bond donors (Lipinski definition) is 2. The molecule has 1 aliphatic carbocycles. The third-order valence-corrected chi connectivity index (χ3v) is 4.11. The number of aromatic nitrogens is 1. The fraction of sp³-hybridized carbons (Fsp3) is 0.571. The van der Waals surface area contributed by atoms with E-state index < -0.39 is 0 Å². The van der Waals surface area contributed by atoms with Crippen molar-refractivity contribution >= 4 is 5.91 Å². The zero-order chi connectivity index (χ0) is 13.0. The maximum atomic E-state index is 11.9. The highest BCUT2D eigenvalue weighted by Crippen LogP contribution is 2.40. The summed E-state index contributed by atoms with van der Waals surface area (Å²) in [7, 11) is 0. The summed E-state index contributed by atoms with van der Waals surface area (Å²) in [6.45, 7) is 2.85. The Morgan fingerprint density at radius 3 is 2.78 bits per heavy atom. The molecule has 0 radical (unpaired) electrons. The van der Waals surface area contributed by atoms with Gasteiger partial charge in [0.05, 0.1) is 0 Å². The van der Waals surface area contributed by atoms with Gasteiger partial charge in [0, 0.05) is 25.0 Å². The second-order valence-electron chi connectivity index (χ2n) is 5.17. The first-order valence-corrected chi connectivity index (χ1v) is 6.62. The van der Waals surface area contributed by atoms with E-state index in [9.17, 15) is 9.59 Å². The highest BCUT2D eigenvalue weighted by atomic mass is 16.2. The standard InChI is InChI=1S/C14H20N2O2/c1-2-14(6-3-4-7-14)10-16-13(18)11-9-15-8-5-12(11)17/h5,8-9H,2-4,6-7,10H2,1H3,(H,15,17)(H,16,18). The van der Waals surface area contributed by atoms with Crippen molar-refractivity contribution in [1.82, 2.24) is 10.3 Å². The summed E-state index contributed by atoms with van der Waals surface area (Å²) in [5.41, 5.74) is 0.210. The molecule has 0 unspecified atom stereocenters. The average molecular weight is 248 g/mol. The van der Waals surface area contributed by atoms with Gasteiger partial charge in [0.2, 0.25) is 0 Å². The molecule has 4 heteroatoms. The Morgan fingerprint density at radius 2 is 2.17 bits per heavy atom. The number of rotatable bonds is 4. The second kappa shape index (κ2) is 5.38. The van der Waals surface area contributed by atoms with E-state index in [0.29, 0.717) is 6.54 Å². The van der Waals surface area contributed by atoms with Crippen molar-refractivity contribution in [2.45, 2.75) is 39.0 Å². The van der Waals surface area contributed by atoms with E-state index in [1.807, 2.05) is 0 Å². The quantitative estimate of drug-likeness (QED) is 0.857. The van der Waals surface area contributed by atoms with Crippen LogP contribution in [0.4, 0.5) is 0 Å². The first kappa shape index (κ1) is 12.9. The minimum absolute atomic E-state index is 0.196. The van der Waals surface area contributed by atoms with Crippen LogP contribution in [0.25, 0.3) is 0 Å². The summed E-state index contributed by atoms with van der Waals surface area (Å²) in [4.78, 5) is 26.2. The molecule has 0 spiro atoms. The van der Waals surface area contributed by atoms with Crippen molar-refractivity contribution in [3.8, 4) is 0 Å². The zero-order valence-corrected chi connectivity index (χ0v) is 10.8. The van der Waals surface area contributed by atoms with E-state index in [1.54, 1.807) is 0 Å². The molecule has 18 heavy (non-hydrogen) atoms.